The first-order valence-electron chi connectivity index (χ1n) is 9.82. The minimum Gasteiger partial charge on any atom is -0.494 e. The molecule has 7 heteroatoms. The summed E-state index contributed by atoms with van der Waals surface area (Å²) in [5.41, 5.74) is 3.65. The molecule has 3 aromatic rings. The Balaban J connectivity index is 1.50. The van der Waals surface area contributed by atoms with Crippen molar-refractivity contribution >= 4 is 28.0 Å². The average molecular weight is 392 g/mol. The molecule has 0 unspecified atom stereocenters. The highest BCUT2D eigenvalue weighted by atomic mass is 19.1. The Morgan fingerprint density at radius 2 is 2.00 bits per heavy atom. The van der Waals surface area contributed by atoms with Gasteiger partial charge in [-0.2, -0.15) is 0 Å². The van der Waals surface area contributed by atoms with Gasteiger partial charge in [-0.1, -0.05) is 23.4 Å². The Bertz CT molecular complexity index is 1130. The molecule has 2 aliphatic rings. The molecule has 6 nitrogen and oxygen atoms in total. The summed E-state index contributed by atoms with van der Waals surface area (Å²) in [5, 5.41) is 15.5. The fraction of sp³-hybridized carbons (Fsp3) is 0.273. The van der Waals surface area contributed by atoms with Gasteiger partial charge in [0.15, 0.2) is 5.88 Å². The summed E-state index contributed by atoms with van der Waals surface area (Å²) in [4.78, 5) is 15.5. The van der Waals surface area contributed by atoms with Crippen LogP contribution < -0.4 is 0 Å². The van der Waals surface area contributed by atoms with Crippen molar-refractivity contribution in [1.29, 1.82) is 0 Å². The van der Waals surface area contributed by atoms with E-state index >= 15 is 0 Å². The number of hydrogen-bond donors (Lipinski definition) is 2. The van der Waals surface area contributed by atoms with E-state index in [2.05, 4.69) is 20.0 Å². The molecule has 29 heavy (non-hydrogen) atoms. The average Bonchev–Trinajstić information content (AvgIpc) is 3.42. The third-order valence-corrected chi connectivity index (χ3v) is 5.45. The standard InChI is InChI=1S/C22H21FN4O2/c23-14-7-8-18-16(13-14)19(22(28)25-18)21-20(15-5-1-2-6-17(15)24-21)26-29-12-11-27-9-3-4-10-27/h1-2,5-8,13,25,28H,3-4,9-12H2. The molecule has 2 aliphatic heterocycles. The van der Waals surface area contributed by atoms with Crippen LogP contribution in [0.15, 0.2) is 52.6 Å². The molecule has 0 spiro atoms. The van der Waals surface area contributed by atoms with Crippen LogP contribution in [0.3, 0.4) is 0 Å². The number of aromatic hydroxyl groups is 1. The number of likely N-dealkylation sites (tertiary alicyclic amines) is 1. The maximum atomic E-state index is 13.9. The minimum atomic E-state index is -0.380. The Morgan fingerprint density at radius 3 is 2.86 bits per heavy atom. The quantitative estimate of drug-likeness (QED) is 0.510. The molecule has 1 saturated heterocycles. The molecule has 0 amide bonds. The molecular weight excluding hydrogens is 371 g/mol. The molecular formula is C22H21FN4O2. The van der Waals surface area contributed by atoms with Gasteiger partial charge in [-0.25, -0.2) is 9.38 Å². The fourth-order valence-corrected chi connectivity index (χ4v) is 4.02. The van der Waals surface area contributed by atoms with Crippen molar-refractivity contribution in [2.45, 2.75) is 12.8 Å². The predicted molar refractivity (Wildman–Crippen MR) is 111 cm³/mol. The molecule has 148 valence electrons. The van der Waals surface area contributed by atoms with E-state index in [0.717, 1.165) is 30.9 Å². The first-order valence-corrected chi connectivity index (χ1v) is 9.82. The van der Waals surface area contributed by atoms with Gasteiger partial charge < -0.3 is 14.9 Å². The van der Waals surface area contributed by atoms with Gasteiger partial charge in [-0.05, 0) is 50.2 Å². The van der Waals surface area contributed by atoms with Crippen LogP contribution in [-0.4, -0.2) is 52.7 Å². The lowest BCUT2D eigenvalue weighted by molar-refractivity contribution is 0.119. The van der Waals surface area contributed by atoms with Gasteiger partial charge >= 0.3 is 0 Å². The molecule has 0 saturated carbocycles. The summed E-state index contributed by atoms with van der Waals surface area (Å²) < 4.78 is 13.9. The Kier molecular flexibility index (Phi) is 4.52. The topological polar surface area (TPSA) is 73.2 Å². The van der Waals surface area contributed by atoms with Crippen LogP contribution in [0.1, 0.15) is 24.0 Å². The molecule has 1 aromatic heterocycles. The summed E-state index contributed by atoms with van der Waals surface area (Å²) in [6.45, 7) is 3.51. The van der Waals surface area contributed by atoms with E-state index in [1.54, 1.807) is 6.07 Å². The zero-order valence-corrected chi connectivity index (χ0v) is 15.9. The zero-order chi connectivity index (χ0) is 19.8. The number of oxime groups is 1. The second-order valence-electron chi connectivity index (χ2n) is 7.34. The highest BCUT2D eigenvalue weighted by molar-refractivity contribution is 6.58. The molecule has 1 fully saturated rings. The van der Waals surface area contributed by atoms with Crippen molar-refractivity contribution in [1.82, 2.24) is 9.88 Å². The summed E-state index contributed by atoms with van der Waals surface area (Å²) in [7, 11) is 0. The summed E-state index contributed by atoms with van der Waals surface area (Å²) in [6.07, 6.45) is 2.46. The Morgan fingerprint density at radius 1 is 1.17 bits per heavy atom. The van der Waals surface area contributed by atoms with Crippen molar-refractivity contribution in [2.75, 3.05) is 26.2 Å². The van der Waals surface area contributed by atoms with Gasteiger partial charge in [-0.3, -0.25) is 4.90 Å². The Hall–Kier alpha value is -3.19. The van der Waals surface area contributed by atoms with Crippen LogP contribution in [0.4, 0.5) is 10.1 Å². The zero-order valence-electron chi connectivity index (χ0n) is 15.9. The summed E-state index contributed by atoms with van der Waals surface area (Å²) >= 11 is 0. The van der Waals surface area contributed by atoms with Gasteiger partial charge in [-0.15, -0.1) is 0 Å². The number of hydrogen-bond acceptors (Lipinski definition) is 5. The van der Waals surface area contributed by atoms with E-state index in [0.29, 0.717) is 34.5 Å². The highest BCUT2D eigenvalue weighted by Gasteiger charge is 2.29. The monoisotopic (exact) mass is 392 g/mol. The minimum absolute atomic E-state index is 0.0677. The van der Waals surface area contributed by atoms with E-state index in [1.165, 1.54) is 25.0 Å². The van der Waals surface area contributed by atoms with E-state index < -0.39 is 0 Å². The number of halogens is 1. The molecule has 0 aliphatic carbocycles. The maximum Gasteiger partial charge on any atom is 0.199 e. The van der Waals surface area contributed by atoms with Gasteiger partial charge in [0.1, 0.15) is 23.8 Å². The molecule has 3 heterocycles. The van der Waals surface area contributed by atoms with Gasteiger partial charge in [0.25, 0.3) is 0 Å². The number of rotatable bonds is 5. The third kappa shape index (κ3) is 3.27. The second-order valence-corrected chi connectivity index (χ2v) is 7.34. The Labute approximate surface area is 167 Å². The van der Waals surface area contributed by atoms with E-state index in [-0.39, 0.29) is 11.7 Å². The van der Waals surface area contributed by atoms with Crippen LogP contribution in [-0.2, 0) is 4.84 Å². The normalized spacial score (nSPS) is 17.8. The molecule has 2 N–H and O–H groups in total. The highest BCUT2D eigenvalue weighted by Crippen LogP contribution is 2.35. The van der Waals surface area contributed by atoms with Crippen molar-refractivity contribution < 1.29 is 14.3 Å². The number of fused-ring (bicyclic) bond motifs is 2. The van der Waals surface area contributed by atoms with Gasteiger partial charge in [0.05, 0.1) is 11.3 Å². The second kappa shape index (κ2) is 7.33. The lowest BCUT2D eigenvalue weighted by Crippen LogP contribution is -2.23. The lowest BCUT2D eigenvalue weighted by Gasteiger charge is -2.13. The van der Waals surface area contributed by atoms with Crippen molar-refractivity contribution in [3.05, 3.63) is 59.4 Å². The smallest absolute Gasteiger partial charge is 0.199 e. The summed E-state index contributed by atoms with van der Waals surface area (Å²) in [5.74, 6) is -0.448. The van der Waals surface area contributed by atoms with Crippen LogP contribution in [0, 0.1) is 5.82 Å². The van der Waals surface area contributed by atoms with E-state index in [9.17, 15) is 9.50 Å². The summed E-state index contributed by atoms with van der Waals surface area (Å²) in [6, 6.07) is 11.9. The van der Waals surface area contributed by atoms with Crippen LogP contribution >= 0.6 is 0 Å². The first kappa shape index (κ1) is 17.9. The SMILES string of the molecule is Oc1[nH]c2ccc(F)cc2c1C1=Nc2ccccc2C1=NOCCN1CCCC1. The van der Waals surface area contributed by atoms with Crippen molar-refractivity contribution in [3.8, 4) is 5.88 Å². The number of aromatic nitrogens is 1. The van der Waals surface area contributed by atoms with E-state index in [4.69, 9.17) is 4.84 Å². The largest absolute Gasteiger partial charge is 0.494 e. The number of para-hydroxylation sites is 1. The van der Waals surface area contributed by atoms with Crippen molar-refractivity contribution in [3.63, 3.8) is 0 Å². The predicted octanol–water partition coefficient (Wildman–Crippen LogP) is 3.96. The number of nitrogens with one attached hydrogen (secondary N) is 1. The van der Waals surface area contributed by atoms with Gasteiger partial charge in [0.2, 0.25) is 0 Å². The van der Waals surface area contributed by atoms with Crippen LogP contribution in [0.5, 0.6) is 5.88 Å². The molecule has 5 rings (SSSR count). The number of nitrogens with zero attached hydrogens (tertiary/aromatic N) is 3. The number of aromatic amines is 1. The number of benzene rings is 2. The van der Waals surface area contributed by atoms with E-state index in [1.807, 2.05) is 24.3 Å². The number of aliphatic imine (C=N–C) groups is 1. The van der Waals surface area contributed by atoms with Crippen molar-refractivity contribution in [2.24, 2.45) is 10.1 Å². The fourth-order valence-electron chi connectivity index (χ4n) is 4.02. The van der Waals surface area contributed by atoms with Crippen LogP contribution in [0.25, 0.3) is 10.9 Å². The molecule has 2 aromatic carbocycles. The van der Waals surface area contributed by atoms with Gasteiger partial charge in [0, 0.05) is 23.0 Å². The number of H-pyrrole nitrogens is 1. The third-order valence-electron chi connectivity index (χ3n) is 5.45. The lowest BCUT2D eigenvalue weighted by atomic mass is 10.0. The first-order chi connectivity index (χ1) is 14.2. The molecule has 0 radical (unpaired) electrons. The molecule has 0 atom stereocenters. The van der Waals surface area contributed by atoms with Crippen LogP contribution in [0.2, 0.25) is 0 Å². The maximum absolute atomic E-state index is 13.9. The molecule has 0 bridgehead atoms.